The summed E-state index contributed by atoms with van der Waals surface area (Å²) in [6, 6.07) is 10.1. The molecule has 0 amide bonds. The van der Waals surface area contributed by atoms with Crippen LogP contribution in [0.25, 0.3) is 11.0 Å². The van der Waals surface area contributed by atoms with Crippen molar-refractivity contribution in [3.8, 4) is 0 Å². The van der Waals surface area contributed by atoms with E-state index in [2.05, 4.69) is 27.1 Å². The van der Waals surface area contributed by atoms with Gasteiger partial charge in [0.2, 0.25) is 0 Å². The lowest BCUT2D eigenvalue weighted by Crippen LogP contribution is -1.98. The summed E-state index contributed by atoms with van der Waals surface area (Å²) < 4.78 is 2.18. The maximum absolute atomic E-state index is 5.74. The third kappa shape index (κ3) is 2.03. The highest BCUT2D eigenvalue weighted by molar-refractivity contribution is 7.09. The molecule has 0 saturated heterocycles. The fourth-order valence-corrected chi connectivity index (χ4v) is 2.64. The Balaban J connectivity index is 1.86. The summed E-state index contributed by atoms with van der Waals surface area (Å²) in [6.45, 7) is 0.959. The van der Waals surface area contributed by atoms with Crippen molar-refractivity contribution >= 4 is 28.1 Å². The van der Waals surface area contributed by atoms with Crippen LogP contribution in [-0.4, -0.2) is 9.55 Å². The molecule has 3 aromatic rings. The van der Waals surface area contributed by atoms with Crippen LogP contribution in [0.15, 0.2) is 42.0 Å². The number of anilines is 1. The van der Waals surface area contributed by atoms with Crippen molar-refractivity contribution in [2.24, 2.45) is 0 Å². The fourth-order valence-electron chi connectivity index (χ4n) is 1.94. The van der Waals surface area contributed by atoms with E-state index >= 15 is 0 Å². The molecule has 4 heteroatoms. The van der Waals surface area contributed by atoms with Gasteiger partial charge in [0, 0.05) is 17.1 Å². The van der Waals surface area contributed by atoms with Crippen LogP contribution in [0.1, 0.15) is 4.88 Å². The Morgan fingerprint density at radius 3 is 3.06 bits per heavy atom. The number of thiophene rings is 1. The summed E-state index contributed by atoms with van der Waals surface area (Å²) in [7, 11) is 0. The van der Waals surface area contributed by atoms with E-state index in [1.807, 2.05) is 24.5 Å². The number of nitrogens with two attached hydrogens (primary N) is 1. The van der Waals surface area contributed by atoms with E-state index in [-0.39, 0.29) is 0 Å². The fraction of sp³-hybridized carbons (Fsp3) is 0.154. The van der Waals surface area contributed by atoms with Gasteiger partial charge in [-0.3, -0.25) is 0 Å². The van der Waals surface area contributed by atoms with Crippen LogP contribution < -0.4 is 5.73 Å². The molecule has 2 N–H and O–H groups in total. The van der Waals surface area contributed by atoms with E-state index in [4.69, 9.17) is 5.73 Å². The van der Waals surface area contributed by atoms with Crippen molar-refractivity contribution in [2.45, 2.75) is 13.0 Å². The maximum Gasteiger partial charge on any atom is 0.0958 e. The molecule has 0 fully saturated rings. The molecule has 0 atom stereocenters. The normalized spacial score (nSPS) is 11.1. The van der Waals surface area contributed by atoms with Crippen molar-refractivity contribution < 1.29 is 0 Å². The lowest BCUT2D eigenvalue weighted by Gasteiger charge is -2.02. The number of aryl methyl sites for hydroxylation is 2. The largest absolute Gasteiger partial charge is 0.399 e. The molecule has 0 aliphatic heterocycles. The predicted molar refractivity (Wildman–Crippen MR) is 72.2 cm³/mol. The first-order chi connectivity index (χ1) is 8.33. The van der Waals surface area contributed by atoms with Crippen molar-refractivity contribution in [1.29, 1.82) is 0 Å². The average molecular weight is 243 g/mol. The number of aromatic nitrogens is 2. The number of benzene rings is 1. The zero-order valence-electron chi connectivity index (χ0n) is 9.34. The standard InChI is InChI=1S/C13H13N3S/c14-10-3-4-13-12(8-10)15-9-16(13)6-5-11-2-1-7-17-11/h1-4,7-9H,5-6,14H2. The second-order valence-corrected chi connectivity index (χ2v) is 5.05. The van der Waals surface area contributed by atoms with Gasteiger partial charge in [-0.1, -0.05) is 6.07 Å². The number of nitrogens with zero attached hydrogens (tertiary/aromatic N) is 2. The van der Waals surface area contributed by atoms with Crippen LogP contribution in [-0.2, 0) is 13.0 Å². The van der Waals surface area contributed by atoms with Gasteiger partial charge in [0.05, 0.1) is 17.4 Å². The van der Waals surface area contributed by atoms with Gasteiger partial charge >= 0.3 is 0 Å². The van der Waals surface area contributed by atoms with Crippen LogP contribution in [0, 0.1) is 0 Å². The van der Waals surface area contributed by atoms with Crippen LogP contribution in [0.2, 0.25) is 0 Å². The Morgan fingerprint density at radius 1 is 1.29 bits per heavy atom. The first kappa shape index (κ1) is 10.4. The first-order valence-electron chi connectivity index (χ1n) is 5.56. The maximum atomic E-state index is 5.74. The lowest BCUT2D eigenvalue weighted by molar-refractivity contribution is 0.722. The van der Waals surface area contributed by atoms with Crippen LogP contribution in [0.3, 0.4) is 0 Å². The van der Waals surface area contributed by atoms with Gasteiger partial charge in [-0.25, -0.2) is 4.98 Å². The molecule has 0 aliphatic rings. The summed E-state index contributed by atoms with van der Waals surface area (Å²) in [4.78, 5) is 5.77. The summed E-state index contributed by atoms with van der Waals surface area (Å²) in [5.74, 6) is 0. The molecule has 2 heterocycles. The van der Waals surface area contributed by atoms with Crippen molar-refractivity contribution in [1.82, 2.24) is 9.55 Å². The lowest BCUT2D eigenvalue weighted by atomic mass is 10.2. The molecule has 0 aliphatic carbocycles. The molecule has 0 unspecified atom stereocenters. The Kier molecular flexibility index (Phi) is 2.57. The third-order valence-corrected chi connectivity index (χ3v) is 3.76. The Morgan fingerprint density at radius 2 is 2.24 bits per heavy atom. The topological polar surface area (TPSA) is 43.8 Å². The van der Waals surface area contributed by atoms with Gasteiger partial charge in [0.15, 0.2) is 0 Å². The summed E-state index contributed by atoms with van der Waals surface area (Å²) in [5.41, 5.74) is 8.62. The van der Waals surface area contributed by atoms with Crippen molar-refractivity contribution in [3.63, 3.8) is 0 Å². The molecule has 0 radical (unpaired) electrons. The monoisotopic (exact) mass is 243 g/mol. The highest BCUT2D eigenvalue weighted by atomic mass is 32.1. The van der Waals surface area contributed by atoms with E-state index in [1.54, 1.807) is 11.3 Å². The van der Waals surface area contributed by atoms with Gasteiger partial charge in [-0.15, -0.1) is 11.3 Å². The molecule has 86 valence electrons. The summed E-state index contributed by atoms with van der Waals surface area (Å²) in [6.07, 6.45) is 2.94. The number of rotatable bonds is 3. The highest BCUT2D eigenvalue weighted by Crippen LogP contribution is 2.17. The molecule has 1 aromatic carbocycles. The third-order valence-electron chi connectivity index (χ3n) is 2.82. The molecule has 3 nitrogen and oxygen atoms in total. The second kappa shape index (κ2) is 4.22. The smallest absolute Gasteiger partial charge is 0.0958 e. The van der Waals surface area contributed by atoms with E-state index in [1.165, 1.54) is 4.88 Å². The van der Waals surface area contributed by atoms with Gasteiger partial charge < -0.3 is 10.3 Å². The molecule has 3 rings (SSSR count). The summed E-state index contributed by atoms with van der Waals surface area (Å²) >= 11 is 1.80. The van der Waals surface area contributed by atoms with Crippen LogP contribution >= 0.6 is 11.3 Å². The van der Waals surface area contributed by atoms with Gasteiger partial charge in [-0.05, 0) is 36.1 Å². The SMILES string of the molecule is Nc1ccc2c(c1)ncn2CCc1cccs1. The number of nitrogen functional groups attached to an aromatic ring is 1. The van der Waals surface area contributed by atoms with Crippen LogP contribution in [0.5, 0.6) is 0 Å². The van der Waals surface area contributed by atoms with Crippen molar-refractivity contribution in [2.75, 3.05) is 5.73 Å². The molecular weight excluding hydrogens is 230 g/mol. The number of hydrogen-bond donors (Lipinski definition) is 1. The Bertz CT molecular complexity index is 625. The van der Waals surface area contributed by atoms with Gasteiger partial charge in [-0.2, -0.15) is 0 Å². The number of hydrogen-bond acceptors (Lipinski definition) is 3. The second-order valence-electron chi connectivity index (χ2n) is 4.02. The minimum atomic E-state index is 0.765. The number of fused-ring (bicyclic) bond motifs is 1. The average Bonchev–Trinajstić information content (AvgIpc) is 2.94. The molecule has 0 spiro atoms. The van der Waals surface area contributed by atoms with Crippen LogP contribution in [0.4, 0.5) is 5.69 Å². The quantitative estimate of drug-likeness (QED) is 0.719. The van der Waals surface area contributed by atoms with E-state index in [0.29, 0.717) is 0 Å². The van der Waals surface area contributed by atoms with Gasteiger partial charge in [0.1, 0.15) is 0 Å². The molecule has 2 aromatic heterocycles. The van der Waals surface area contributed by atoms with Gasteiger partial charge in [0.25, 0.3) is 0 Å². The molecule has 17 heavy (non-hydrogen) atoms. The first-order valence-corrected chi connectivity index (χ1v) is 6.43. The van der Waals surface area contributed by atoms with E-state index < -0.39 is 0 Å². The molecule has 0 bridgehead atoms. The Hall–Kier alpha value is -1.81. The minimum absolute atomic E-state index is 0.765. The minimum Gasteiger partial charge on any atom is -0.399 e. The highest BCUT2D eigenvalue weighted by Gasteiger charge is 2.03. The van der Waals surface area contributed by atoms with Crippen molar-refractivity contribution in [3.05, 3.63) is 46.9 Å². The van der Waals surface area contributed by atoms with E-state index in [0.717, 1.165) is 29.7 Å². The molecular formula is C13H13N3S. The zero-order valence-corrected chi connectivity index (χ0v) is 10.2. The predicted octanol–water partition coefficient (Wildman–Crippen LogP) is 2.92. The molecule has 0 saturated carbocycles. The summed E-state index contributed by atoms with van der Waals surface area (Å²) in [5, 5.41) is 2.11. The Labute approximate surface area is 104 Å². The number of imidazole rings is 1. The zero-order chi connectivity index (χ0) is 11.7. The van der Waals surface area contributed by atoms with E-state index in [9.17, 15) is 0 Å².